The van der Waals surface area contributed by atoms with Gasteiger partial charge in [0.25, 0.3) is 11.5 Å². The lowest BCUT2D eigenvalue weighted by Gasteiger charge is -2.26. The van der Waals surface area contributed by atoms with Crippen LogP contribution >= 0.6 is 11.3 Å². The van der Waals surface area contributed by atoms with E-state index in [2.05, 4.69) is 32.0 Å². The van der Waals surface area contributed by atoms with Crippen molar-refractivity contribution in [1.82, 2.24) is 9.47 Å². The summed E-state index contributed by atoms with van der Waals surface area (Å²) in [5, 5.41) is 10.1. The van der Waals surface area contributed by atoms with Crippen molar-refractivity contribution in [3.8, 4) is 11.8 Å². The predicted octanol–water partition coefficient (Wildman–Crippen LogP) is 3.00. The Labute approximate surface area is 209 Å². The number of nitrogens with zero attached hydrogens (tertiary/aromatic N) is 3. The fourth-order valence-corrected chi connectivity index (χ4v) is 5.33. The lowest BCUT2D eigenvalue weighted by molar-refractivity contribution is -0.128. The summed E-state index contributed by atoms with van der Waals surface area (Å²) < 4.78 is 7.74. The zero-order chi connectivity index (χ0) is 25.1. The van der Waals surface area contributed by atoms with Crippen molar-refractivity contribution in [1.29, 1.82) is 5.26 Å². The van der Waals surface area contributed by atoms with Gasteiger partial charge in [0.2, 0.25) is 0 Å². The summed E-state index contributed by atoms with van der Waals surface area (Å²) in [7, 11) is 0. The summed E-state index contributed by atoms with van der Waals surface area (Å²) in [6.07, 6.45) is 1.83. The average Bonchev–Trinajstić information content (AvgIpc) is 3.15. The molecular formula is C28H29N3O3S. The third-order valence-corrected chi connectivity index (χ3v) is 7.32. The third kappa shape index (κ3) is 5.00. The van der Waals surface area contributed by atoms with Crippen molar-refractivity contribution < 1.29 is 9.53 Å². The largest absolute Gasteiger partial charge is 0.378 e. The molecule has 0 bridgehead atoms. The van der Waals surface area contributed by atoms with Gasteiger partial charge in [-0.25, -0.2) is 0 Å². The minimum atomic E-state index is -0.370. The van der Waals surface area contributed by atoms with Crippen LogP contribution in [0.25, 0.3) is 17.3 Å². The fraction of sp³-hybridized carbons (Fsp3) is 0.321. The highest BCUT2D eigenvalue weighted by Crippen LogP contribution is 2.17. The molecule has 6 nitrogen and oxygen atoms in total. The van der Waals surface area contributed by atoms with Crippen LogP contribution in [0.3, 0.4) is 0 Å². The number of ether oxygens (including phenoxy) is 1. The van der Waals surface area contributed by atoms with Gasteiger partial charge in [0.05, 0.1) is 23.4 Å². The number of benzene rings is 2. The number of morpholine rings is 1. The van der Waals surface area contributed by atoms with Crippen molar-refractivity contribution in [2.24, 2.45) is 0 Å². The summed E-state index contributed by atoms with van der Waals surface area (Å²) >= 11 is 1.19. The molecule has 1 aromatic heterocycles. The Balaban J connectivity index is 2.00. The Morgan fingerprint density at radius 2 is 1.71 bits per heavy atom. The number of carbonyl (C=O) groups is 1. The minimum Gasteiger partial charge on any atom is -0.378 e. The summed E-state index contributed by atoms with van der Waals surface area (Å²) in [4.78, 5) is 28.7. The normalized spacial score (nSPS) is 15.3. The highest BCUT2D eigenvalue weighted by atomic mass is 32.1. The van der Waals surface area contributed by atoms with Crippen LogP contribution in [0.2, 0.25) is 0 Å². The van der Waals surface area contributed by atoms with Gasteiger partial charge in [-0.3, -0.25) is 14.2 Å². The Bertz CT molecular complexity index is 1450. The van der Waals surface area contributed by atoms with Crippen molar-refractivity contribution in [3.05, 3.63) is 84.3 Å². The van der Waals surface area contributed by atoms with E-state index in [0.717, 1.165) is 16.7 Å². The van der Waals surface area contributed by atoms with Gasteiger partial charge in [-0.2, -0.15) is 5.26 Å². The molecule has 180 valence electrons. The minimum absolute atomic E-state index is 0.0218. The number of hydrogen-bond donors (Lipinski definition) is 0. The average molecular weight is 488 g/mol. The van der Waals surface area contributed by atoms with Gasteiger partial charge in [-0.1, -0.05) is 56.3 Å². The van der Waals surface area contributed by atoms with Gasteiger partial charge in [0.1, 0.15) is 10.7 Å². The monoisotopic (exact) mass is 487 g/mol. The summed E-state index contributed by atoms with van der Waals surface area (Å²) in [6.45, 7) is 9.85. The molecule has 0 atom stereocenters. The number of nitriles is 1. The number of thiazole rings is 1. The van der Waals surface area contributed by atoms with Crippen molar-refractivity contribution in [3.63, 3.8) is 0 Å². The van der Waals surface area contributed by atoms with Crippen LogP contribution in [-0.4, -0.2) is 41.7 Å². The maximum absolute atomic E-state index is 13.8. The molecular weight excluding hydrogens is 458 g/mol. The highest BCUT2D eigenvalue weighted by molar-refractivity contribution is 7.07. The first-order chi connectivity index (χ1) is 16.8. The van der Waals surface area contributed by atoms with Crippen LogP contribution in [0.4, 0.5) is 0 Å². The number of aryl methyl sites for hydroxylation is 2. The van der Waals surface area contributed by atoms with Crippen LogP contribution in [0.15, 0.2) is 47.3 Å². The maximum Gasteiger partial charge on any atom is 0.273 e. The molecule has 3 aromatic rings. The number of aromatic nitrogens is 1. The number of amides is 1. The zero-order valence-corrected chi connectivity index (χ0v) is 21.3. The number of carbonyl (C=O) groups excluding carboxylic acids is 1. The zero-order valence-electron chi connectivity index (χ0n) is 20.5. The molecule has 7 heteroatoms. The molecule has 1 saturated heterocycles. The van der Waals surface area contributed by atoms with Crippen LogP contribution in [-0.2, 0) is 9.53 Å². The Morgan fingerprint density at radius 1 is 1.09 bits per heavy atom. The van der Waals surface area contributed by atoms with Crippen molar-refractivity contribution >= 4 is 28.9 Å². The smallest absolute Gasteiger partial charge is 0.273 e. The van der Waals surface area contributed by atoms with Gasteiger partial charge in [-0.15, -0.1) is 11.3 Å². The van der Waals surface area contributed by atoms with Gasteiger partial charge in [0, 0.05) is 13.1 Å². The SMILES string of the molecule is Cc1cccc(C)c1-n1c(=O)/c(=C/c2ccc(C(C)C)cc2)s/c1=C(/C#N)C(=O)N1CCOCC1. The van der Waals surface area contributed by atoms with Crippen LogP contribution in [0.5, 0.6) is 0 Å². The third-order valence-electron chi connectivity index (χ3n) is 6.23. The van der Waals surface area contributed by atoms with E-state index in [1.807, 2.05) is 50.3 Å². The molecule has 0 saturated carbocycles. The second-order valence-electron chi connectivity index (χ2n) is 9.01. The summed E-state index contributed by atoms with van der Waals surface area (Å²) in [6, 6.07) is 16.0. The quantitative estimate of drug-likeness (QED) is 0.567. The molecule has 0 aliphatic carbocycles. The lowest BCUT2D eigenvalue weighted by atomic mass is 10.0. The van der Waals surface area contributed by atoms with Crippen LogP contribution in [0, 0.1) is 25.2 Å². The molecule has 2 heterocycles. The first-order valence-corrected chi connectivity index (χ1v) is 12.5. The van der Waals surface area contributed by atoms with E-state index in [9.17, 15) is 14.9 Å². The van der Waals surface area contributed by atoms with Crippen molar-refractivity contribution in [2.75, 3.05) is 26.3 Å². The second kappa shape index (κ2) is 10.4. The van der Waals surface area contributed by atoms with Crippen LogP contribution in [0.1, 0.15) is 42.0 Å². The lowest BCUT2D eigenvalue weighted by Crippen LogP contribution is -2.42. The Kier molecular flexibility index (Phi) is 7.34. The van der Waals surface area contributed by atoms with E-state index in [-0.39, 0.29) is 17.0 Å². The van der Waals surface area contributed by atoms with Gasteiger partial charge < -0.3 is 9.64 Å². The highest BCUT2D eigenvalue weighted by Gasteiger charge is 2.24. The van der Waals surface area contributed by atoms with E-state index in [0.29, 0.717) is 47.1 Å². The van der Waals surface area contributed by atoms with Gasteiger partial charge in [-0.05, 0) is 48.1 Å². The van der Waals surface area contributed by atoms with Gasteiger partial charge in [0.15, 0.2) is 5.57 Å². The molecule has 0 unspecified atom stereocenters. The first-order valence-electron chi connectivity index (χ1n) is 11.7. The molecule has 1 fully saturated rings. The van der Waals surface area contributed by atoms with E-state index in [1.165, 1.54) is 16.9 Å². The van der Waals surface area contributed by atoms with Crippen molar-refractivity contribution in [2.45, 2.75) is 33.6 Å². The topological polar surface area (TPSA) is 75.3 Å². The molecule has 1 amide bonds. The molecule has 0 radical (unpaired) electrons. The molecule has 2 aromatic carbocycles. The van der Waals surface area contributed by atoms with E-state index < -0.39 is 0 Å². The van der Waals surface area contributed by atoms with Gasteiger partial charge >= 0.3 is 0 Å². The molecule has 1 aliphatic rings. The van der Waals surface area contributed by atoms with E-state index >= 15 is 0 Å². The number of rotatable bonds is 4. The first kappa shape index (κ1) is 24.6. The fourth-order valence-electron chi connectivity index (χ4n) is 4.25. The second-order valence-corrected chi connectivity index (χ2v) is 10.0. The molecule has 0 spiro atoms. The predicted molar refractivity (Wildman–Crippen MR) is 139 cm³/mol. The number of para-hydroxylation sites is 1. The van der Waals surface area contributed by atoms with E-state index in [4.69, 9.17) is 4.74 Å². The molecule has 35 heavy (non-hydrogen) atoms. The van der Waals surface area contributed by atoms with E-state index in [1.54, 1.807) is 9.47 Å². The Hall–Kier alpha value is -3.47. The summed E-state index contributed by atoms with van der Waals surface area (Å²) in [5.74, 6) is 0.0440. The summed E-state index contributed by atoms with van der Waals surface area (Å²) in [5.41, 5.74) is 4.36. The van der Waals surface area contributed by atoms with Crippen LogP contribution < -0.4 is 14.8 Å². The molecule has 1 aliphatic heterocycles. The molecule has 0 N–H and O–H groups in total. The standard InChI is InChI=1S/C28H29N3O3S/c1-18(2)22-10-8-21(9-11-22)16-24-27(33)31(25-19(3)6-5-7-20(25)4)28(35-24)23(17-29)26(32)30-12-14-34-15-13-30/h5-11,16,18H,12-15H2,1-4H3/b24-16-,28-23-. The Morgan fingerprint density at radius 3 is 2.29 bits per heavy atom. The maximum atomic E-state index is 13.8. The number of hydrogen-bond acceptors (Lipinski definition) is 5. The molecule has 4 rings (SSSR count).